The van der Waals surface area contributed by atoms with E-state index in [2.05, 4.69) is 17.1 Å². The lowest BCUT2D eigenvalue weighted by Crippen LogP contribution is -2.45. The van der Waals surface area contributed by atoms with Crippen LogP contribution in [-0.2, 0) is 4.79 Å². The molecule has 86 valence electrons. The zero-order valence-electron chi connectivity index (χ0n) is 9.83. The number of nitrogens with one attached hydrogen (secondary N) is 1. The van der Waals surface area contributed by atoms with Crippen molar-refractivity contribution >= 4 is 5.91 Å². The summed E-state index contributed by atoms with van der Waals surface area (Å²) in [4.78, 5) is 14.2. The summed E-state index contributed by atoms with van der Waals surface area (Å²) in [5.74, 6) is 1.02. The molecule has 0 aromatic rings. The van der Waals surface area contributed by atoms with Crippen molar-refractivity contribution in [1.82, 2.24) is 10.2 Å². The Morgan fingerprint density at radius 3 is 2.60 bits per heavy atom. The molecule has 2 aliphatic rings. The average molecular weight is 210 g/mol. The van der Waals surface area contributed by atoms with Crippen LogP contribution in [0.4, 0.5) is 0 Å². The molecule has 1 saturated heterocycles. The molecule has 3 heteroatoms. The Hall–Kier alpha value is -0.570. The van der Waals surface area contributed by atoms with E-state index < -0.39 is 0 Å². The highest BCUT2D eigenvalue weighted by molar-refractivity contribution is 5.84. The van der Waals surface area contributed by atoms with Gasteiger partial charge in [-0.05, 0) is 32.2 Å². The first-order chi connectivity index (χ1) is 7.24. The van der Waals surface area contributed by atoms with Crippen LogP contribution in [0.5, 0.6) is 0 Å². The highest BCUT2D eigenvalue weighted by atomic mass is 16.2. The minimum absolute atomic E-state index is 0.0825. The Balaban J connectivity index is 2.01. The Labute approximate surface area is 92.2 Å². The summed E-state index contributed by atoms with van der Waals surface area (Å²) in [5, 5.41) is 3.11. The first kappa shape index (κ1) is 10.9. The van der Waals surface area contributed by atoms with E-state index >= 15 is 0 Å². The van der Waals surface area contributed by atoms with E-state index in [0.717, 1.165) is 13.0 Å². The van der Waals surface area contributed by atoms with Gasteiger partial charge in [0.15, 0.2) is 0 Å². The van der Waals surface area contributed by atoms with Crippen LogP contribution in [0.25, 0.3) is 0 Å². The van der Waals surface area contributed by atoms with Crippen molar-refractivity contribution in [2.24, 2.45) is 5.92 Å². The van der Waals surface area contributed by atoms with Crippen LogP contribution in [0.1, 0.15) is 39.0 Å². The molecule has 3 unspecified atom stereocenters. The van der Waals surface area contributed by atoms with Gasteiger partial charge in [0.2, 0.25) is 5.91 Å². The second-order valence-electron chi connectivity index (χ2n) is 4.99. The zero-order chi connectivity index (χ0) is 10.8. The molecule has 0 aromatic heterocycles. The van der Waals surface area contributed by atoms with E-state index in [0.29, 0.717) is 17.9 Å². The van der Waals surface area contributed by atoms with Crippen molar-refractivity contribution in [2.45, 2.75) is 51.1 Å². The number of likely N-dealkylation sites (tertiary alicyclic amines) is 1. The van der Waals surface area contributed by atoms with Gasteiger partial charge in [0.05, 0.1) is 6.04 Å². The standard InChI is InChI=1S/C12H22N2O/c1-9-5-3-4-6-11(9)14-8-7-10(13-2)12(14)15/h9-11,13H,3-8H2,1-2H3. The van der Waals surface area contributed by atoms with Crippen LogP contribution in [0.2, 0.25) is 0 Å². The Kier molecular flexibility index (Phi) is 3.29. The molecule has 0 bridgehead atoms. The molecule has 0 radical (unpaired) electrons. The third-order valence-electron chi connectivity index (χ3n) is 4.05. The van der Waals surface area contributed by atoms with E-state index in [1.165, 1.54) is 25.7 Å². The van der Waals surface area contributed by atoms with Gasteiger partial charge in [-0.15, -0.1) is 0 Å². The van der Waals surface area contributed by atoms with Crippen molar-refractivity contribution in [2.75, 3.05) is 13.6 Å². The smallest absolute Gasteiger partial charge is 0.240 e. The molecule has 1 saturated carbocycles. The number of nitrogens with zero attached hydrogens (tertiary/aromatic N) is 1. The Morgan fingerprint density at radius 1 is 1.27 bits per heavy atom. The minimum atomic E-state index is 0.0825. The molecule has 1 N–H and O–H groups in total. The lowest BCUT2D eigenvalue weighted by Gasteiger charge is -2.36. The molecule has 1 aliphatic carbocycles. The molecule has 3 nitrogen and oxygen atoms in total. The van der Waals surface area contributed by atoms with Crippen molar-refractivity contribution in [3.8, 4) is 0 Å². The maximum Gasteiger partial charge on any atom is 0.240 e. The van der Waals surface area contributed by atoms with Crippen molar-refractivity contribution in [1.29, 1.82) is 0 Å². The van der Waals surface area contributed by atoms with E-state index in [4.69, 9.17) is 0 Å². The minimum Gasteiger partial charge on any atom is -0.338 e. The summed E-state index contributed by atoms with van der Waals surface area (Å²) < 4.78 is 0. The molecule has 1 heterocycles. The second kappa shape index (κ2) is 4.52. The number of amides is 1. The van der Waals surface area contributed by atoms with Gasteiger partial charge in [-0.2, -0.15) is 0 Å². The van der Waals surface area contributed by atoms with Gasteiger partial charge in [-0.3, -0.25) is 4.79 Å². The van der Waals surface area contributed by atoms with Crippen molar-refractivity contribution < 1.29 is 4.79 Å². The monoisotopic (exact) mass is 210 g/mol. The molecule has 3 atom stereocenters. The summed E-state index contributed by atoms with van der Waals surface area (Å²) in [6, 6.07) is 0.601. The van der Waals surface area contributed by atoms with Gasteiger partial charge < -0.3 is 10.2 Å². The van der Waals surface area contributed by atoms with E-state index in [1.807, 2.05) is 7.05 Å². The number of hydrogen-bond donors (Lipinski definition) is 1. The molecule has 1 amide bonds. The summed E-state index contributed by atoms with van der Waals surface area (Å²) in [5.41, 5.74) is 0. The maximum absolute atomic E-state index is 12.0. The van der Waals surface area contributed by atoms with E-state index in [9.17, 15) is 4.79 Å². The van der Waals surface area contributed by atoms with Crippen LogP contribution in [-0.4, -0.2) is 36.5 Å². The van der Waals surface area contributed by atoms with Crippen LogP contribution in [0.15, 0.2) is 0 Å². The Bertz CT molecular complexity index is 242. The predicted molar refractivity (Wildman–Crippen MR) is 60.6 cm³/mol. The summed E-state index contributed by atoms with van der Waals surface area (Å²) >= 11 is 0. The molecule has 2 rings (SSSR count). The first-order valence-electron chi connectivity index (χ1n) is 6.21. The topological polar surface area (TPSA) is 32.3 Å². The van der Waals surface area contributed by atoms with Crippen LogP contribution >= 0.6 is 0 Å². The third-order valence-corrected chi connectivity index (χ3v) is 4.05. The largest absolute Gasteiger partial charge is 0.338 e. The van der Waals surface area contributed by atoms with E-state index in [-0.39, 0.29) is 6.04 Å². The number of carbonyl (C=O) groups is 1. The molecule has 0 spiro atoms. The fraction of sp³-hybridized carbons (Fsp3) is 0.917. The third kappa shape index (κ3) is 2.03. The van der Waals surface area contributed by atoms with Crippen molar-refractivity contribution in [3.05, 3.63) is 0 Å². The highest BCUT2D eigenvalue weighted by Crippen LogP contribution is 2.30. The van der Waals surface area contributed by atoms with Gasteiger partial charge in [-0.25, -0.2) is 0 Å². The molecular weight excluding hydrogens is 188 g/mol. The quantitative estimate of drug-likeness (QED) is 0.747. The number of rotatable bonds is 2. The van der Waals surface area contributed by atoms with Gasteiger partial charge in [-0.1, -0.05) is 19.8 Å². The lowest BCUT2D eigenvalue weighted by atomic mass is 9.85. The number of likely N-dealkylation sites (N-methyl/N-ethyl adjacent to an activating group) is 1. The van der Waals surface area contributed by atoms with Gasteiger partial charge in [0, 0.05) is 12.6 Å². The van der Waals surface area contributed by atoms with Gasteiger partial charge in [0.1, 0.15) is 0 Å². The summed E-state index contributed by atoms with van der Waals surface area (Å²) in [7, 11) is 1.89. The fourth-order valence-electron chi connectivity index (χ4n) is 3.06. The summed E-state index contributed by atoms with van der Waals surface area (Å²) in [6.45, 7) is 3.25. The van der Waals surface area contributed by atoms with E-state index in [1.54, 1.807) is 0 Å². The zero-order valence-corrected chi connectivity index (χ0v) is 9.83. The maximum atomic E-state index is 12.0. The molecular formula is C12H22N2O. The predicted octanol–water partition coefficient (Wildman–Crippen LogP) is 1.39. The van der Waals surface area contributed by atoms with Gasteiger partial charge >= 0.3 is 0 Å². The summed E-state index contributed by atoms with van der Waals surface area (Å²) in [6.07, 6.45) is 6.12. The normalized spacial score (nSPS) is 37.3. The number of carbonyl (C=O) groups excluding carboxylic acids is 1. The first-order valence-corrected chi connectivity index (χ1v) is 6.21. The fourth-order valence-corrected chi connectivity index (χ4v) is 3.06. The Morgan fingerprint density at radius 2 is 2.00 bits per heavy atom. The average Bonchev–Trinajstić information content (AvgIpc) is 2.60. The molecule has 2 fully saturated rings. The van der Waals surface area contributed by atoms with Gasteiger partial charge in [0.25, 0.3) is 0 Å². The van der Waals surface area contributed by atoms with Crippen LogP contribution < -0.4 is 5.32 Å². The van der Waals surface area contributed by atoms with Crippen LogP contribution in [0.3, 0.4) is 0 Å². The molecule has 1 aliphatic heterocycles. The van der Waals surface area contributed by atoms with Crippen molar-refractivity contribution in [3.63, 3.8) is 0 Å². The number of hydrogen-bond acceptors (Lipinski definition) is 2. The highest BCUT2D eigenvalue weighted by Gasteiger charge is 2.37. The molecule has 0 aromatic carbocycles. The SMILES string of the molecule is CNC1CCN(C2CCCCC2C)C1=O. The van der Waals surface area contributed by atoms with Crippen LogP contribution in [0, 0.1) is 5.92 Å². The lowest BCUT2D eigenvalue weighted by molar-refractivity contribution is -0.132. The second-order valence-corrected chi connectivity index (χ2v) is 4.99. The molecule has 15 heavy (non-hydrogen) atoms.